The van der Waals surface area contributed by atoms with E-state index in [0.717, 1.165) is 5.06 Å². The fourth-order valence-electron chi connectivity index (χ4n) is 6.88. The molecule has 2 heterocycles. The van der Waals surface area contributed by atoms with Gasteiger partial charge in [-0.2, -0.15) is 0 Å². The van der Waals surface area contributed by atoms with E-state index < -0.39 is 22.2 Å². The van der Waals surface area contributed by atoms with Crippen molar-refractivity contribution in [3.8, 4) is 0 Å². The Kier molecular flexibility index (Phi) is 6.05. The highest BCUT2D eigenvalue weighted by Crippen LogP contribution is 2.51. The molecule has 32 heavy (non-hydrogen) atoms. The molecule has 0 aromatic rings. The van der Waals surface area contributed by atoms with Gasteiger partial charge in [-0.25, -0.2) is 0 Å². The topological polar surface area (TPSA) is 116 Å². The van der Waals surface area contributed by atoms with E-state index in [0.29, 0.717) is 69.8 Å². The number of aliphatic hydroxyl groups excluding tert-OH is 2. The molecule has 0 atom stereocenters. The van der Waals surface area contributed by atoms with E-state index in [1.807, 2.05) is 13.8 Å². The maximum atomic E-state index is 13.8. The van der Waals surface area contributed by atoms with Gasteiger partial charge in [0, 0.05) is 11.6 Å². The third kappa shape index (κ3) is 3.93. The molecular weight excluding hydrogens is 410 g/mol. The Bertz CT molecular complexity index is 732. The summed E-state index contributed by atoms with van der Waals surface area (Å²) in [6.45, 7) is 7.16. The minimum Gasteiger partial charge on any atom is -0.393 e. The number of carbonyl (C=O) groups excluding carboxylic acids is 1. The zero-order chi connectivity index (χ0) is 23.5. The molecule has 8 nitrogen and oxygen atoms in total. The fraction of sp³-hybridized carbons (Fsp3) is 0.875. The van der Waals surface area contributed by atoms with Crippen LogP contribution in [-0.4, -0.2) is 66.7 Å². The Balaban J connectivity index is 1.59. The van der Waals surface area contributed by atoms with Gasteiger partial charge in [-0.15, -0.1) is 20.5 Å². The first-order valence-corrected chi connectivity index (χ1v) is 12.2. The molecule has 1 saturated heterocycles. The summed E-state index contributed by atoms with van der Waals surface area (Å²) < 4.78 is 0. The van der Waals surface area contributed by atoms with E-state index >= 15 is 0 Å². The van der Waals surface area contributed by atoms with Crippen LogP contribution in [0.25, 0.3) is 0 Å². The van der Waals surface area contributed by atoms with Gasteiger partial charge in [0.2, 0.25) is 5.91 Å². The van der Waals surface area contributed by atoms with Gasteiger partial charge in [0.25, 0.3) is 0 Å². The van der Waals surface area contributed by atoms with Crippen molar-refractivity contribution in [3.63, 3.8) is 0 Å². The largest absolute Gasteiger partial charge is 0.393 e. The monoisotopic (exact) mass is 449 g/mol. The Morgan fingerprint density at radius 3 is 1.69 bits per heavy atom. The molecule has 0 aromatic carbocycles. The van der Waals surface area contributed by atoms with Crippen molar-refractivity contribution < 1.29 is 25.4 Å². The Morgan fingerprint density at radius 2 is 1.31 bits per heavy atom. The molecular formula is C24H39N3O5. The van der Waals surface area contributed by atoms with Crippen molar-refractivity contribution in [1.29, 1.82) is 0 Å². The molecule has 2 aliphatic carbocycles. The second-order valence-corrected chi connectivity index (χ2v) is 11.8. The van der Waals surface area contributed by atoms with Gasteiger partial charge in [-0.1, -0.05) is 6.08 Å². The maximum absolute atomic E-state index is 13.8. The minimum absolute atomic E-state index is 0.182. The van der Waals surface area contributed by atoms with Crippen molar-refractivity contribution in [1.82, 2.24) is 15.4 Å². The third-order valence-corrected chi connectivity index (χ3v) is 8.65. The number of hydrogen-bond acceptors (Lipinski definition) is 5. The average Bonchev–Trinajstić information content (AvgIpc) is 2.90. The van der Waals surface area contributed by atoms with Crippen LogP contribution in [0.1, 0.15) is 91.9 Å². The zero-order valence-electron chi connectivity index (χ0n) is 19.9. The van der Waals surface area contributed by atoms with E-state index in [1.54, 1.807) is 19.9 Å². The summed E-state index contributed by atoms with van der Waals surface area (Å²) in [4.78, 5) is 13.4. The Morgan fingerprint density at radius 1 is 0.875 bits per heavy atom. The summed E-state index contributed by atoms with van der Waals surface area (Å²) in [5.74, 6) is -0.234. The fourth-order valence-corrected chi connectivity index (χ4v) is 6.88. The van der Waals surface area contributed by atoms with Crippen LogP contribution in [0.5, 0.6) is 0 Å². The van der Waals surface area contributed by atoms with Crippen LogP contribution >= 0.6 is 0 Å². The number of rotatable bonds is 2. The molecule has 0 bridgehead atoms. The number of nitrogens with zero attached hydrogens (tertiary/aromatic N) is 2. The number of amides is 1. The molecule has 4 aliphatic rings. The molecule has 180 valence electrons. The smallest absolute Gasteiger partial charge is 0.249 e. The summed E-state index contributed by atoms with van der Waals surface area (Å²) in [5.41, 5.74) is -2.40. The lowest BCUT2D eigenvalue weighted by molar-refractivity contribution is -0.324. The molecule has 1 amide bonds. The van der Waals surface area contributed by atoms with E-state index in [4.69, 9.17) is 0 Å². The first kappa shape index (κ1) is 24.1. The number of aliphatic hydroxyl groups is 2. The van der Waals surface area contributed by atoms with Gasteiger partial charge in [-0.3, -0.25) is 4.79 Å². The molecule has 3 fully saturated rings. The van der Waals surface area contributed by atoms with Crippen LogP contribution in [0.4, 0.5) is 0 Å². The predicted molar refractivity (Wildman–Crippen MR) is 117 cm³/mol. The van der Waals surface area contributed by atoms with E-state index in [2.05, 4.69) is 5.32 Å². The van der Waals surface area contributed by atoms with Crippen molar-refractivity contribution in [3.05, 3.63) is 11.6 Å². The highest BCUT2D eigenvalue weighted by Gasteiger charge is 2.57. The third-order valence-electron chi connectivity index (χ3n) is 8.65. The Hall–Kier alpha value is -1.03. The van der Waals surface area contributed by atoms with Gasteiger partial charge in [0.1, 0.15) is 0 Å². The molecule has 0 unspecified atom stereocenters. The number of nitrogens with one attached hydrogen (secondary N) is 1. The van der Waals surface area contributed by atoms with Gasteiger partial charge >= 0.3 is 0 Å². The van der Waals surface area contributed by atoms with E-state index in [-0.39, 0.29) is 24.2 Å². The predicted octanol–water partition coefficient (Wildman–Crippen LogP) is 2.40. The summed E-state index contributed by atoms with van der Waals surface area (Å²) in [6, 6.07) is -0.182. The number of hydrogen-bond donors (Lipinski definition) is 3. The molecule has 2 radical (unpaired) electrons. The van der Waals surface area contributed by atoms with Gasteiger partial charge in [-0.05, 0) is 91.9 Å². The van der Waals surface area contributed by atoms with Crippen LogP contribution in [0.15, 0.2) is 11.6 Å². The SMILES string of the molecule is CC1(C)C=C(C(=O)NC2CC3(CCC(O)CC3)N([O])C3(CCC(O)CC3)C2)C(C)(C)N1[O]. The van der Waals surface area contributed by atoms with E-state index in [9.17, 15) is 25.4 Å². The van der Waals surface area contributed by atoms with E-state index in [1.165, 1.54) is 5.06 Å². The molecule has 2 aliphatic heterocycles. The number of piperidine rings is 1. The minimum atomic E-state index is -0.925. The summed E-state index contributed by atoms with van der Waals surface area (Å²) in [6.07, 6.45) is 6.95. The number of hydroxylamine groups is 4. The van der Waals surface area contributed by atoms with Crippen LogP contribution in [-0.2, 0) is 15.2 Å². The second kappa shape index (κ2) is 8.03. The lowest BCUT2D eigenvalue weighted by Gasteiger charge is -2.58. The van der Waals surface area contributed by atoms with Gasteiger partial charge in [0.15, 0.2) is 0 Å². The standard InChI is InChI=1S/C24H39N3O5/c1-21(2)15-19(22(3,4)26(21)31)20(30)25-16-13-23(9-5-17(28)6-10-23)27(32)24(14-16)11-7-18(29)8-12-24/h15-18,28-29H,5-14H2,1-4H3,(H,25,30). The van der Waals surface area contributed by atoms with Crippen LogP contribution in [0.3, 0.4) is 0 Å². The van der Waals surface area contributed by atoms with Crippen LogP contribution < -0.4 is 5.32 Å². The first-order chi connectivity index (χ1) is 14.8. The summed E-state index contributed by atoms with van der Waals surface area (Å²) in [7, 11) is 0. The molecule has 4 rings (SSSR count). The summed E-state index contributed by atoms with van der Waals surface area (Å²) >= 11 is 0. The quantitative estimate of drug-likeness (QED) is 0.599. The van der Waals surface area contributed by atoms with Crippen molar-refractivity contribution in [2.24, 2.45) is 0 Å². The van der Waals surface area contributed by atoms with Gasteiger partial charge < -0.3 is 15.5 Å². The zero-order valence-corrected chi connectivity index (χ0v) is 19.9. The summed E-state index contributed by atoms with van der Waals surface area (Å²) in [5, 5.41) is 52.2. The highest BCUT2D eigenvalue weighted by molar-refractivity contribution is 5.96. The van der Waals surface area contributed by atoms with Crippen molar-refractivity contribution in [2.45, 2.75) is 132 Å². The van der Waals surface area contributed by atoms with Crippen LogP contribution in [0.2, 0.25) is 0 Å². The van der Waals surface area contributed by atoms with Crippen molar-refractivity contribution in [2.75, 3.05) is 0 Å². The molecule has 2 saturated carbocycles. The lowest BCUT2D eigenvalue weighted by atomic mass is 9.64. The molecule has 8 heteroatoms. The number of carbonyl (C=O) groups is 1. The molecule has 2 spiro atoms. The second-order valence-electron chi connectivity index (χ2n) is 11.8. The highest BCUT2D eigenvalue weighted by atomic mass is 16.5. The molecule has 3 N–H and O–H groups in total. The van der Waals surface area contributed by atoms with Gasteiger partial charge in [0.05, 0.1) is 34.4 Å². The maximum Gasteiger partial charge on any atom is 0.249 e. The van der Waals surface area contributed by atoms with Crippen LogP contribution in [0, 0.1) is 0 Å². The Labute approximate surface area is 191 Å². The van der Waals surface area contributed by atoms with Crippen molar-refractivity contribution >= 4 is 5.91 Å². The first-order valence-electron chi connectivity index (χ1n) is 12.2. The molecule has 0 aromatic heterocycles. The normalized spacial score (nSPS) is 42.2. The lowest BCUT2D eigenvalue weighted by Crippen LogP contribution is -2.68. The average molecular weight is 450 g/mol.